The first-order chi connectivity index (χ1) is 9.54. The van der Waals surface area contributed by atoms with Crippen LogP contribution in [-0.4, -0.2) is 28.1 Å². The first kappa shape index (κ1) is 13.9. The quantitative estimate of drug-likeness (QED) is 0.796. The number of amides is 1. The van der Waals surface area contributed by atoms with Crippen LogP contribution in [0.1, 0.15) is 23.7 Å². The van der Waals surface area contributed by atoms with E-state index in [1.54, 1.807) is 25.1 Å². The molecule has 104 valence electrons. The highest BCUT2D eigenvalue weighted by atomic mass is 16.4. The summed E-state index contributed by atoms with van der Waals surface area (Å²) in [5, 5.41) is 22.8. The lowest BCUT2D eigenvalue weighted by Crippen LogP contribution is -2.40. The highest BCUT2D eigenvalue weighted by molar-refractivity contribution is 6.04. The molecule has 5 nitrogen and oxygen atoms in total. The lowest BCUT2D eigenvalue weighted by Gasteiger charge is -2.13. The molecule has 0 fully saturated rings. The van der Waals surface area contributed by atoms with Gasteiger partial charge in [0.05, 0.1) is 5.56 Å². The molecule has 0 aromatic heterocycles. The minimum absolute atomic E-state index is 0.0726. The van der Waals surface area contributed by atoms with E-state index in [0.717, 1.165) is 5.39 Å². The van der Waals surface area contributed by atoms with Crippen molar-refractivity contribution >= 4 is 22.6 Å². The van der Waals surface area contributed by atoms with Gasteiger partial charge in [-0.25, -0.2) is 4.79 Å². The molecule has 1 amide bonds. The molecule has 2 aromatic rings. The van der Waals surface area contributed by atoms with Gasteiger partial charge >= 0.3 is 5.97 Å². The molecule has 0 saturated carbocycles. The molecule has 1 atom stereocenters. The Labute approximate surface area is 115 Å². The summed E-state index contributed by atoms with van der Waals surface area (Å²) in [6.45, 7) is 1.67. The molecule has 0 saturated heterocycles. The average Bonchev–Trinajstić information content (AvgIpc) is 2.44. The van der Waals surface area contributed by atoms with Crippen LogP contribution in [0.4, 0.5) is 0 Å². The maximum atomic E-state index is 12.0. The molecule has 2 rings (SSSR count). The van der Waals surface area contributed by atoms with E-state index in [9.17, 15) is 14.7 Å². The lowest BCUT2D eigenvalue weighted by atomic mass is 10.0. The molecule has 0 heterocycles. The number of carbonyl (C=O) groups excluding carboxylic acids is 1. The number of nitrogens with one attached hydrogen (secondary N) is 1. The van der Waals surface area contributed by atoms with Gasteiger partial charge in [-0.1, -0.05) is 37.3 Å². The normalized spacial score (nSPS) is 12.1. The molecule has 5 heteroatoms. The first-order valence-electron chi connectivity index (χ1n) is 6.29. The third-order valence-electron chi connectivity index (χ3n) is 3.16. The Morgan fingerprint density at radius 3 is 2.55 bits per heavy atom. The molecule has 0 spiro atoms. The Morgan fingerprint density at radius 2 is 1.90 bits per heavy atom. The summed E-state index contributed by atoms with van der Waals surface area (Å²) in [6.07, 6.45) is 0.273. The summed E-state index contributed by atoms with van der Waals surface area (Å²) in [6, 6.07) is 9.36. The van der Waals surface area contributed by atoms with Gasteiger partial charge in [0, 0.05) is 5.39 Å². The molecule has 20 heavy (non-hydrogen) atoms. The molecular formula is C15H15NO4. The maximum absolute atomic E-state index is 12.0. The van der Waals surface area contributed by atoms with Crippen LogP contribution in [0.3, 0.4) is 0 Å². The summed E-state index contributed by atoms with van der Waals surface area (Å²) < 4.78 is 0. The van der Waals surface area contributed by atoms with Crippen molar-refractivity contribution < 1.29 is 19.8 Å². The second-order valence-corrected chi connectivity index (χ2v) is 4.46. The van der Waals surface area contributed by atoms with Crippen molar-refractivity contribution in [1.82, 2.24) is 5.32 Å². The highest BCUT2D eigenvalue weighted by Gasteiger charge is 2.21. The monoisotopic (exact) mass is 273 g/mol. The number of carbonyl (C=O) groups is 2. The van der Waals surface area contributed by atoms with Crippen molar-refractivity contribution in [2.45, 2.75) is 19.4 Å². The van der Waals surface area contributed by atoms with Gasteiger partial charge < -0.3 is 15.5 Å². The predicted molar refractivity (Wildman–Crippen MR) is 74.8 cm³/mol. The second-order valence-electron chi connectivity index (χ2n) is 4.46. The Kier molecular flexibility index (Phi) is 3.89. The van der Waals surface area contributed by atoms with Crippen LogP contribution in [0.5, 0.6) is 5.75 Å². The molecule has 0 bridgehead atoms. The zero-order valence-corrected chi connectivity index (χ0v) is 11.0. The van der Waals surface area contributed by atoms with Gasteiger partial charge in [-0.15, -0.1) is 0 Å². The Hall–Kier alpha value is -2.56. The molecule has 0 aliphatic rings. The van der Waals surface area contributed by atoms with E-state index in [1.165, 1.54) is 6.07 Å². The van der Waals surface area contributed by atoms with Gasteiger partial charge in [0.1, 0.15) is 11.8 Å². The topological polar surface area (TPSA) is 86.6 Å². The molecule has 0 aliphatic carbocycles. The largest absolute Gasteiger partial charge is 0.506 e. The molecular weight excluding hydrogens is 258 g/mol. The van der Waals surface area contributed by atoms with Crippen molar-refractivity contribution in [3.8, 4) is 5.75 Å². The Balaban J connectivity index is 2.35. The van der Waals surface area contributed by atoms with Gasteiger partial charge in [0.2, 0.25) is 0 Å². The number of aromatic hydroxyl groups is 1. The summed E-state index contributed by atoms with van der Waals surface area (Å²) in [4.78, 5) is 23.0. The van der Waals surface area contributed by atoms with Gasteiger partial charge in [-0.05, 0) is 17.9 Å². The highest BCUT2D eigenvalue weighted by Crippen LogP contribution is 2.28. The van der Waals surface area contributed by atoms with Crippen LogP contribution >= 0.6 is 0 Å². The van der Waals surface area contributed by atoms with Crippen LogP contribution in [0.15, 0.2) is 36.4 Å². The summed E-state index contributed by atoms with van der Waals surface area (Å²) in [7, 11) is 0. The number of carboxylic acid groups (broad SMARTS) is 1. The number of phenols is 1. The number of hydrogen-bond acceptors (Lipinski definition) is 3. The molecule has 3 N–H and O–H groups in total. The molecule has 1 unspecified atom stereocenters. The van der Waals surface area contributed by atoms with E-state index in [1.807, 2.05) is 12.1 Å². The summed E-state index contributed by atoms with van der Waals surface area (Å²) in [5.74, 6) is -1.83. The zero-order chi connectivity index (χ0) is 14.7. The lowest BCUT2D eigenvalue weighted by molar-refractivity contribution is -0.139. The molecule has 0 radical (unpaired) electrons. The fourth-order valence-corrected chi connectivity index (χ4v) is 2.01. The standard InChI is InChI=1S/C15H15NO4/c1-2-12(15(19)20)16-14(18)11-8-7-9-5-3-4-6-10(9)13(11)17/h3-8,12,17H,2H2,1H3,(H,16,18)(H,19,20). The van der Waals surface area contributed by atoms with Crippen LogP contribution in [0.25, 0.3) is 10.8 Å². The Bertz CT molecular complexity index is 666. The van der Waals surface area contributed by atoms with Crippen molar-refractivity contribution in [2.24, 2.45) is 0 Å². The Morgan fingerprint density at radius 1 is 1.20 bits per heavy atom. The third-order valence-corrected chi connectivity index (χ3v) is 3.16. The summed E-state index contributed by atoms with van der Waals surface area (Å²) in [5.41, 5.74) is 0.0726. The van der Waals surface area contributed by atoms with Crippen LogP contribution < -0.4 is 5.32 Å². The number of rotatable bonds is 4. The van der Waals surface area contributed by atoms with E-state index >= 15 is 0 Å². The SMILES string of the molecule is CCC(NC(=O)c1ccc2ccccc2c1O)C(=O)O. The van der Waals surface area contributed by atoms with Crippen molar-refractivity contribution in [1.29, 1.82) is 0 Å². The number of aliphatic carboxylic acids is 1. The number of carboxylic acids is 1. The predicted octanol–water partition coefficient (Wildman–Crippen LogP) is 2.14. The third kappa shape index (κ3) is 2.56. The van der Waals surface area contributed by atoms with E-state index in [2.05, 4.69) is 5.32 Å². The fraction of sp³-hybridized carbons (Fsp3) is 0.200. The minimum Gasteiger partial charge on any atom is -0.506 e. The average molecular weight is 273 g/mol. The smallest absolute Gasteiger partial charge is 0.326 e. The molecule has 2 aromatic carbocycles. The number of phenolic OH excluding ortho intramolecular Hbond substituents is 1. The minimum atomic E-state index is -1.10. The van der Waals surface area contributed by atoms with Crippen molar-refractivity contribution in [2.75, 3.05) is 0 Å². The maximum Gasteiger partial charge on any atom is 0.326 e. The van der Waals surface area contributed by atoms with Gasteiger partial charge in [-0.3, -0.25) is 4.79 Å². The summed E-state index contributed by atoms with van der Waals surface area (Å²) >= 11 is 0. The molecule has 0 aliphatic heterocycles. The van der Waals surface area contributed by atoms with Crippen LogP contribution in [-0.2, 0) is 4.79 Å². The fourth-order valence-electron chi connectivity index (χ4n) is 2.01. The zero-order valence-electron chi connectivity index (χ0n) is 11.0. The van der Waals surface area contributed by atoms with Gasteiger partial charge in [0.15, 0.2) is 0 Å². The number of hydrogen-bond donors (Lipinski definition) is 3. The number of fused-ring (bicyclic) bond motifs is 1. The van der Waals surface area contributed by atoms with Gasteiger partial charge in [-0.2, -0.15) is 0 Å². The van der Waals surface area contributed by atoms with Crippen molar-refractivity contribution in [3.05, 3.63) is 42.0 Å². The van der Waals surface area contributed by atoms with Crippen LogP contribution in [0.2, 0.25) is 0 Å². The first-order valence-corrected chi connectivity index (χ1v) is 6.29. The van der Waals surface area contributed by atoms with E-state index < -0.39 is 17.9 Å². The number of benzene rings is 2. The second kappa shape index (κ2) is 5.61. The van der Waals surface area contributed by atoms with E-state index in [4.69, 9.17) is 5.11 Å². The van der Waals surface area contributed by atoms with Crippen LogP contribution in [0, 0.1) is 0 Å². The van der Waals surface area contributed by atoms with Gasteiger partial charge in [0.25, 0.3) is 5.91 Å². The van der Waals surface area contributed by atoms with E-state index in [-0.39, 0.29) is 17.7 Å². The van der Waals surface area contributed by atoms with Crippen molar-refractivity contribution in [3.63, 3.8) is 0 Å². The van der Waals surface area contributed by atoms with E-state index in [0.29, 0.717) is 5.39 Å².